The molecule has 0 aliphatic heterocycles. The van der Waals surface area contributed by atoms with Gasteiger partial charge in [0.1, 0.15) is 15.6 Å². The number of alkyl halides is 12. The van der Waals surface area contributed by atoms with Gasteiger partial charge in [0.15, 0.2) is 0 Å². The molecular formula is C25H15F12N3O2S2. The van der Waals surface area contributed by atoms with Crippen molar-refractivity contribution in [1.82, 2.24) is 9.78 Å². The maximum absolute atomic E-state index is 13.8. The van der Waals surface area contributed by atoms with Gasteiger partial charge in [-0.3, -0.25) is 8.99 Å². The number of thiophene rings is 1. The maximum atomic E-state index is 13.8. The highest BCUT2D eigenvalue weighted by Crippen LogP contribution is 2.42. The van der Waals surface area contributed by atoms with Crippen LogP contribution in [-0.4, -0.2) is 18.2 Å². The lowest BCUT2D eigenvalue weighted by Gasteiger charge is -2.26. The summed E-state index contributed by atoms with van der Waals surface area (Å²) < 4.78 is 188. The van der Waals surface area contributed by atoms with Gasteiger partial charge in [0.2, 0.25) is 0 Å². The van der Waals surface area contributed by atoms with E-state index in [9.17, 15) is 61.1 Å². The molecule has 0 saturated carbocycles. The highest BCUT2D eigenvalue weighted by atomic mass is 32.2. The van der Waals surface area contributed by atoms with Crippen molar-refractivity contribution in [2.45, 2.75) is 35.5 Å². The molecular weight excluding hydrogens is 666 g/mol. The van der Waals surface area contributed by atoms with Gasteiger partial charge >= 0.3 is 24.7 Å². The second-order valence-corrected chi connectivity index (χ2v) is 12.3. The van der Waals surface area contributed by atoms with Gasteiger partial charge in [0.25, 0.3) is 10.0 Å². The van der Waals surface area contributed by atoms with Crippen molar-refractivity contribution in [3.63, 3.8) is 0 Å². The van der Waals surface area contributed by atoms with Crippen LogP contribution in [0.2, 0.25) is 0 Å². The second kappa shape index (κ2) is 11.0. The summed E-state index contributed by atoms with van der Waals surface area (Å²) in [7, 11) is -4.21. The molecule has 238 valence electrons. The molecule has 0 saturated heterocycles. The fourth-order valence-corrected chi connectivity index (χ4v) is 6.78. The molecule has 2 aromatic carbocycles. The Morgan fingerprint density at radius 2 is 1.30 bits per heavy atom. The molecule has 4 rings (SSSR count). The average molecular weight is 682 g/mol. The Bertz CT molecular complexity index is 1750. The van der Waals surface area contributed by atoms with Crippen molar-refractivity contribution >= 4 is 27.0 Å². The first-order valence-corrected chi connectivity index (χ1v) is 13.9. The van der Waals surface area contributed by atoms with Crippen LogP contribution in [0.25, 0.3) is 10.6 Å². The number of hydrogen-bond acceptors (Lipinski definition) is 4. The second-order valence-electron chi connectivity index (χ2n) is 9.13. The molecule has 44 heavy (non-hydrogen) atoms. The van der Waals surface area contributed by atoms with E-state index in [0.717, 1.165) is 31.3 Å². The van der Waals surface area contributed by atoms with Gasteiger partial charge in [0.05, 0.1) is 33.8 Å². The first-order valence-electron chi connectivity index (χ1n) is 11.7. The molecule has 5 nitrogen and oxygen atoms in total. The minimum atomic E-state index is -5.40. The molecule has 0 aliphatic carbocycles. The van der Waals surface area contributed by atoms with Crippen LogP contribution in [0.5, 0.6) is 0 Å². The van der Waals surface area contributed by atoms with E-state index in [2.05, 4.69) is 5.10 Å². The number of halogens is 12. The first-order chi connectivity index (χ1) is 20.0. The largest absolute Gasteiger partial charge is 0.433 e. The number of sulfonamides is 1. The lowest BCUT2D eigenvalue weighted by Crippen LogP contribution is -2.31. The maximum Gasteiger partial charge on any atom is 0.433 e. The number of benzene rings is 2. The Balaban J connectivity index is 1.90. The summed E-state index contributed by atoms with van der Waals surface area (Å²) in [6, 6.07) is 5.25. The van der Waals surface area contributed by atoms with Crippen LogP contribution in [-0.2, 0) is 48.3 Å². The van der Waals surface area contributed by atoms with E-state index in [1.165, 1.54) is 0 Å². The van der Waals surface area contributed by atoms with Crippen LogP contribution < -0.4 is 4.31 Å². The minimum absolute atomic E-state index is 0.0577. The smallest absolute Gasteiger partial charge is 0.263 e. The molecule has 19 heteroatoms. The molecule has 0 atom stereocenters. The van der Waals surface area contributed by atoms with Crippen molar-refractivity contribution in [2.75, 3.05) is 4.31 Å². The summed E-state index contributed by atoms with van der Waals surface area (Å²) in [6.45, 7) is -1.15. The van der Waals surface area contributed by atoms with Crippen LogP contribution in [0.4, 0.5) is 58.4 Å². The summed E-state index contributed by atoms with van der Waals surface area (Å²) in [5.41, 5.74) is -8.27. The van der Waals surface area contributed by atoms with E-state index < -0.39 is 79.1 Å². The molecule has 2 heterocycles. The fraction of sp³-hybridized carbons (Fsp3) is 0.240. The van der Waals surface area contributed by atoms with Crippen molar-refractivity contribution < 1.29 is 61.1 Å². The predicted molar refractivity (Wildman–Crippen MR) is 133 cm³/mol. The lowest BCUT2D eigenvalue weighted by molar-refractivity contribution is -0.144. The zero-order valence-electron chi connectivity index (χ0n) is 21.5. The number of aromatic nitrogens is 2. The van der Waals surface area contributed by atoms with Crippen molar-refractivity contribution in [2.24, 2.45) is 7.05 Å². The van der Waals surface area contributed by atoms with E-state index >= 15 is 0 Å². The third kappa shape index (κ3) is 6.98. The van der Waals surface area contributed by atoms with E-state index in [-0.39, 0.29) is 44.4 Å². The van der Waals surface area contributed by atoms with E-state index in [1.54, 1.807) is 0 Å². The fourth-order valence-electron chi connectivity index (χ4n) is 3.97. The van der Waals surface area contributed by atoms with Gasteiger partial charge in [-0.15, -0.1) is 11.3 Å². The minimum Gasteiger partial charge on any atom is -0.263 e. The Kier molecular flexibility index (Phi) is 8.29. The number of hydrogen-bond donors (Lipinski definition) is 0. The molecule has 0 aliphatic rings. The Hall–Kier alpha value is -3.74. The van der Waals surface area contributed by atoms with Crippen molar-refractivity contribution in [3.8, 4) is 10.6 Å². The van der Waals surface area contributed by atoms with Crippen molar-refractivity contribution in [3.05, 3.63) is 88.6 Å². The molecule has 0 fully saturated rings. The van der Waals surface area contributed by atoms with Gasteiger partial charge in [0, 0.05) is 7.05 Å². The van der Waals surface area contributed by atoms with E-state index in [1.807, 2.05) is 0 Å². The predicted octanol–water partition coefficient (Wildman–Crippen LogP) is 8.62. The molecule has 0 radical (unpaired) electrons. The highest BCUT2D eigenvalue weighted by molar-refractivity contribution is 7.94. The Morgan fingerprint density at radius 1 is 0.727 bits per heavy atom. The van der Waals surface area contributed by atoms with Gasteiger partial charge in [-0.05, 0) is 54.1 Å². The lowest BCUT2D eigenvalue weighted by atomic mass is 10.1. The molecule has 0 amide bonds. The quantitative estimate of drug-likeness (QED) is 0.192. The summed E-state index contributed by atoms with van der Waals surface area (Å²) in [6.07, 6.45) is -20.6. The topological polar surface area (TPSA) is 55.2 Å². The van der Waals surface area contributed by atoms with Gasteiger partial charge < -0.3 is 0 Å². The standard InChI is InChI=1S/C25H15F12N3O2S2/c1-39-20(25(35,36)37)11-18(38-39)19-5-6-21(43-19)44(41,42)40(12-13-3-2-4-14(7-13)22(26,27)28)17-9-15(23(29,30)31)8-16(10-17)24(32,33)34/h2-11H,12H2,1H3. The van der Waals surface area contributed by atoms with Gasteiger partial charge in [-0.25, -0.2) is 8.42 Å². The summed E-state index contributed by atoms with van der Waals surface area (Å²) >= 11 is 0.289. The zero-order valence-corrected chi connectivity index (χ0v) is 23.1. The molecule has 0 spiro atoms. The van der Waals surface area contributed by atoms with E-state index in [4.69, 9.17) is 0 Å². The van der Waals surface area contributed by atoms with Gasteiger partial charge in [-0.2, -0.15) is 57.8 Å². The third-order valence-corrected chi connectivity index (χ3v) is 9.34. The SMILES string of the molecule is Cn1nc(-c2ccc(S(=O)(=O)N(Cc3cccc(C(F)(F)F)c3)c3cc(C(F)(F)F)cc(C(F)(F)F)c3)s2)cc1C(F)(F)F. The van der Waals surface area contributed by atoms with Crippen LogP contribution >= 0.6 is 11.3 Å². The number of aryl methyl sites for hydroxylation is 1. The van der Waals surface area contributed by atoms with Crippen LogP contribution in [0.1, 0.15) is 27.9 Å². The Labute approximate surface area is 244 Å². The molecule has 4 aromatic rings. The molecule has 0 unspecified atom stereocenters. The normalized spacial score (nSPS) is 13.4. The summed E-state index contributed by atoms with van der Waals surface area (Å²) in [4.78, 5) is -0.172. The molecule has 2 aromatic heterocycles. The van der Waals surface area contributed by atoms with Crippen molar-refractivity contribution in [1.29, 1.82) is 0 Å². The summed E-state index contributed by atoms with van der Waals surface area (Å²) in [5.74, 6) is 0. The molecule has 0 bridgehead atoms. The first kappa shape index (κ1) is 33.2. The van der Waals surface area contributed by atoms with Gasteiger partial charge in [-0.1, -0.05) is 12.1 Å². The Morgan fingerprint density at radius 3 is 1.80 bits per heavy atom. The van der Waals surface area contributed by atoms with E-state index in [0.29, 0.717) is 22.9 Å². The summed E-state index contributed by atoms with van der Waals surface area (Å²) in [5, 5.41) is 3.67. The number of anilines is 1. The molecule has 0 N–H and O–H groups in total. The zero-order chi connectivity index (χ0) is 33.0. The highest BCUT2D eigenvalue weighted by Gasteiger charge is 2.40. The average Bonchev–Trinajstić information content (AvgIpc) is 3.53. The van der Waals surface area contributed by atoms with Crippen LogP contribution in [0.15, 0.2) is 64.9 Å². The monoisotopic (exact) mass is 681 g/mol. The number of rotatable bonds is 6. The number of nitrogens with zero attached hydrogens (tertiary/aromatic N) is 3. The van der Waals surface area contributed by atoms with Crippen LogP contribution in [0, 0.1) is 0 Å². The third-order valence-electron chi connectivity index (χ3n) is 5.99. The van der Waals surface area contributed by atoms with Crippen LogP contribution in [0.3, 0.4) is 0 Å².